The lowest BCUT2D eigenvalue weighted by Crippen LogP contribution is -2.60. The van der Waals surface area contributed by atoms with Crippen molar-refractivity contribution in [2.24, 2.45) is 40.4 Å². The number of azide groups is 1. The number of hydrogen-bond acceptors (Lipinski definition) is 23. The Balaban J connectivity index is 1.05. The van der Waals surface area contributed by atoms with E-state index in [-0.39, 0.29) is 75.1 Å². The Labute approximate surface area is 638 Å². The van der Waals surface area contributed by atoms with E-state index in [9.17, 15) is 60.8 Å². The van der Waals surface area contributed by atoms with Crippen LogP contribution in [-0.2, 0) is 47.8 Å². The molecular weight excluding hydrogens is 1480 g/mol. The van der Waals surface area contributed by atoms with Crippen LogP contribution in [0.3, 0.4) is 0 Å². The van der Waals surface area contributed by atoms with E-state index in [1.165, 1.54) is 19.2 Å². The van der Waals surface area contributed by atoms with Crippen molar-refractivity contribution in [1.29, 1.82) is 0 Å². The molecule has 6 heterocycles. The summed E-state index contributed by atoms with van der Waals surface area (Å²) in [6.45, 7) is 7.59. The zero-order chi connectivity index (χ0) is 79.4. The van der Waals surface area contributed by atoms with E-state index in [0.717, 1.165) is 104 Å². The lowest BCUT2D eigenvalue weighted by Gasteiger charge is -2.54. The second kappa shape index (κ2) is 31.9. The number of aromatic hydroxyl groups is 3. The van der Waals surface area contributed by atoms with Gasteiger partial charge in [-0.3, -0.25) is 43.3 Å². The standard InChI is InChI=1S/C74H84Cl2N12O22/c1-28(2)13-43(88(6)73(105)110-74(3,4)5)66(99)85-57-59(93)32-8-11-46(40(75)20-32)106-48-22-36-23-49(64(48)109-72-63(97)62(96)61(95)50(108-72)27-79-87-78)107-47-12-9-33(21-41(47)76)60(94)58-71(104)84-56(69(102)81-53-34-15-29-14-30(17-34)18-35(53)16-29)39-24-37(89)25-45(91)52(39)38-19-31(7-10-44(38)90)54(67(100)86-58)83-68(101)55(36)82-65(98)42(26-51(77)92)80-70(57)103/h7-12,19-25,28-30,34-35,42-43,50,53-63,72,89-91,93-97H,13-18,26-27H2,1-6H3,(H2,77,92)(H,80,103)(H,81,102)(H,82,98)(H,83,101)(H,84,104)(H,85,99)(H,86,100)/t29?,30?,34?,35?,42-,43+,50?,53?,54+,55+,56-,57+,58-,59+,60+,61?,62?,63?,72?/m0/s1. The molecule has 6 aliphatic heterocycles. The number of nitrogens with two attached hydrogens (primary N) is 1. The van der Waals surface area contributed by atoms with Crippen molar-refractivity contribution in [3.8, 4) is 57.1 Å². The van der Waals surface area contributed by atoms with Gasteiger partial charge >= 0.3 is 6.09 Å². The number of nitrogens with one attached hydrogen (secondary N) is 7. The van der Waals surface area contributed by atoms with Crippen LogP contribution in [0.25, 0.3) is 21.6 Å². The molecular formula is C74H84Cl2N12O22. The summed E-state index contributed by atoms with van der Waals surface area (Å²) < 4.78 is 31.0. The number of ether oxygens (including phenoxy) is 5. The van der Waals surface area contributed by atoms with Gasteiger partial charge < -0.3 is 107 Å². The fourth-order valence-corrected chi connectivity index (χ4v) is 16.2. The van der Waals surface area contributed by atoms with Gasteiger partial charge in [-0.2, -0.15) is 0 Å². The molecule has 0 spiro atoms. The first-order valence-electron chi connectivity index (χ1n) is 35.6. The SMILES string of the molecule is CC(C)C[C@H](C(=O)N[C@H]1C(=O)N[C@@H](CC(N)=O)C(=O)N[C@H]2C(=O)N[C@H]3C(=O)N[C@H](C(=O)N[C@H](C(=O)NC4C5CC6CC(C5)CC4C6)c4cc(O)cc(O)c4-c4cc3ccc4O)[C@H](O)c3ccc(c(Cl)c3)Oc3cc2cc(c3OC2OC(CN=[N+]=[N-])C(O)C(O)C2O)Oc2ccc(cc2Cl)[C@H]1O)N(C)C(=O)OC(C)(C)C. The summed E-state index contributed by atoms with van der Waals surface area (Å²) in [6.07, 6.45) is -12.0. The normalized spacial score (nSPS) is 28.7. The van der Waals surface area contributed by atoms with Crippen molar-refractivity contribution in [2.75, 3.05) is 13.6 Å². The van der Waals surface area contributed by atoms with Crippen LogP contribution in [-0.4, -0.2) is 179 Å². The second-order valence-corrected chi connectivity index (χ2v) is 31.1. The monoisotopic (exact) mass is 1560 g/mol. The molecule has 9 amide bonds. The molecule has 5 aromatic carbocycles. The van der Waals surface area contributed by atoms with Crippen LogP contribution in [0, 0.1) is 29.6 Å². The highest BCUT2D eigenvalue weighted by Crippen LogP contribution is 2.55. The highest BCUT2D eigenvalue weighted by atomic mass is 35.5. The fraction of sp³-hybridized carbons (Fsp3) is 0.473. The molecule has 4 aliphatic carbocycles. The van der Waals surface area contributed by atoms with Crippen molar-refractivity contribution in [1.82, 2.24) is 42.1 Å². The zero-order valence-corrected chi connectivity index (χ0v) is 61.6. The van der Waals surface area contributed by atoms with E-state index in [0.29, 0.717) is 11.8 Å². The average Bonchev–Trinajstić information content (AvgIpc) is 0.763. The number of carbonyl (C=O) groups excluding carboxylic acids is 9. The van der Waals surface area contributed by atoms with Gasteiger partial charge in [-0.05, 0) is 177 Å². The first kappa shape index (κ1) is 79.1. The molecule has 15 rings (SSSR count). The molecule has 0 aromatic heterocycles. The number of carbonyl (C=O) groups is 9. The van der Waals surface area contributed by atoms with E-state index in [1.54, 1.807) is 34.6 Å². The molecule has 5 fully saturated rings. The molecule has 15 bridgehead atoms. The largest absolute Gasteiger partial charge is 0.508 e. The van der Waals surface area contributed by atoms with E-state index < -0.39 is 207 Å². The average molecular weight is 1560 g/mol. The Hall–Kier alpha value is -10.4. The van der Waals surface area contributed by atoms with Gasteiger partial charge in [0, 0.05) is 35.2 Å². The molecule has 4 saturated carbocycles. The van der Waals surface area contributed by atoms with E-state index >= 15 is 28.8 Å². The molecule has 34 nitrogen and oxygen atoms in total. The Bertz CT molecular complexity index is 4530. The van der Waals surface area contributed by atoms with Crippen LogP contribution >= 0.6 is 23.2 Å². The third-order valence-corrected chi connectivity index (χ3v) is 21.5. The molecule has 1 saturated heterocycles. The summed E-state index contributed by atoms with van der Waals surface area (Å²) in [6, 6.07) is -0.621. The number of benzene rings is 5. The van der Waals surface area contributed by atoms with E-state index in [1.807, 2.05) is 0 Å². The first-order valence-corrected chi connectivity index (χ1v) is 36.4. The second-order valence-electron chi connectivity index (χ2n) is 30.3. The lowest BCUT2D eigenvalue weighted by atomic mass is 9.54. The predicted octanol–water partition coefficient (Wildman–Crippen LogP) is 4.69. The van der Waals surface area contributed by atoms with Gasteiger partial charge in [-0.25, -0.2) is 4.79 Å². The lowest BCUT2D eigenvalue weighted by molar-refractivity contribution is -0.270. The number of primary amides is 1. The molecule has 14 atom stereocenters. The molecule has 36 heteroatoms. The van der Waals surface area contributed by atoms with Crippen molar-refractivity contribution in [3.05, 3.63) is 127 Å². The number of phenols is 3. The Morgan fingerprint density at radius 2 is 1.27 bits per heavy atom. The third kappa shape index (κ3) is 16.7. The number of aliphatic hydroxyl groups excluding tert-OH is 5. The summed E-state index contributed by atoms with van der Waals surface area (Å²) >= 11 is 14.2. The predicted molar refractivity (Wildman–Crippen MR) is 386 cm³/mol. The van der Waals surface area contributed by atoms with Crippen LogP contribution < -0.4 is 57.2 Å². The van der Waals surface area contributed by atoms with E-state index in [2.05, 4.69) is 47.2 Å². The van der Waals surface area contributed by atoms with Gasteiger partial charge in [-0.1, -0.05) is 60.4 Å². The molecule has 17 N–H and O–H groups in total. The van der Waals surface area contributed by atoms with E-state index in [4.69, 9.17) is 52.6 Å². The minimum atomic E-state index is -2.36. The number of hydrogen-bond donors (Lipinski definition) is 16. The summed E-state index contributed by atoms with van der Waals surface area (Å²) in [5.41, 5.74) is 11.8. The number of nitrogens with zero attached hydrogens (tertiary/aromatic N) is 4. The number of likely N-dealkylation sites (N-methyl/N-ethyl adjacent to an activating group) is 1. The van der Waals surface area contributed by atoms with Gasteiger partial charge in [0.2, 0.25) is 59.3 Å². The summed E-state index contributed by atoms with van der Waals surface area (Å²) in [4.78, 5) is 139. The zero-order valence-electron chi connectivity index (χ0n) is 60.1. The van der Waals surface area contributed by atoms with Crippen LogP contribution in [0.4, 0.5) is 4.79 Å². The molecule has 0 radical (unpaired) electrons. The summed E-state index contributed by atoms with van der Waals surface area (Å²) in [7, 11) is 1.27. The van der Waals surface area contributed by atoms with Crippen molar-refractivity contribution >= 4 is 76.6 Å². The van der Waals surface area contributed by atoms with Gasteiger partial charge in [0.1, 0.15) is 107 Å². The quantitative estimate of drug-likeness (QED) is 0.0432. The maximum atomic E-state index is 16.2. The third-order valence-electron chi connectivity index (χ3n) is 20.9. The maximum Gasteiger partial charge on any atom is 0.410 e. The minimum Gasteiger partial charge on any atom is -0.508 e. The van der Waals surface area contributed by atoms with Gasteiger partial charge in [0.05, 0.1) is 29.1 Å². The first-order chi connectivity index (χ1) is 52.0. The Morgan fingerprint density at radius 3 is 1.86 bits per heavy atom. The molecule has 10 aliphatic rings. The smallest absolute Gasteiger partial charge is 0.410 e. The summed E-state index contributed by atoms with van der Waals surface area (Å²) in [5.74, 6) is -14.0. The Kier molecular flexibility index (Phi) is 22.9. The number of phenolic OH excluding ortho intramolecular Hbond substituents is 3. The Morgan fingerprint density at radius 1 is 0.682 bits per heavy atom. The highest BCUT2D eigenvalue weighted by molar-refractivity contribution is 6.32. The van der Waals surface area contributed by atoms with Crippen LogP contribution in [0.5, 0.6) is 46.0 Å². The number of amides is 9. The highest BCUT2D eigenvalue weighted by Gasteiger charge is 2.51. The van der Waals surface area contributed by atoms with Gasteiger partial charge in [0.25, 0.3) is 0 Å². The van der Waals surface area contributed by atoms with Crippen LogP contribution in [0.1, 0.15) is 138 Å². The molecule has 110 heavy (non-hydrogen) atoms. The maximum absolute atomic E-state index is 16.2. The summed E-state index contributed by atoms with van der Waals surface area (Å²) in [5, 5.41) is 115. The number of aliphatic hydroxyl groups is 5. The van der Waals surface area contributed by atoms with Crippen molar-refractivity contribution < 1.29 is 108 Å². The number of fused-ring (bicyclic) bond motifs is 15. The number of halogens is 2. The molecule has 586 valence electrons. The van der Waals surface area contributed by atoms with Crippen LogP contribution in [0.15, 0.2) is 84.0 Å². The van der Waals surface area contributed by atoms with Crippen molar-refractivity contribution in [2.45, 2.75) is 176 Å². The molecule has 5 unspecified atom stereocenters. The van der Waals surface area contributed by atoms with Crippen LogP contribution in [0.2, 0.25) is 10.0 Å². The minimum absolute atomic E-state index is 0.0538. The molecule has 5 aromatic rings. The van der Waals surface area contributed by atoms with Gasteiger partial charge in [-0.15, -0.1) is 0 Å². The van der Waals surface area contributed by atoms with Crippen molar-refractivity contribution in [3.63, 3.8) is 0 Å². The fourth-order valence-electron chi connectivity index (χ4n) is 15.8. The topological polar surface area (TPSA) is 524 Å². The number of rotatable bonds is 13. The van der Waals surface area contributed by atoms with Gasteiger partial charge in [0.15, 0.2) is 11.5 Å².